The molecule has 6 nitrogen and oxygen atoms in total. The number of carbonyl (C=O) groups is 1. The first-order chi connectivity index (χ1) is 19.5. The Morgan fingerprint density at radius 1 is 1.23 bits per heavy atom. The minimum absolute atomic E-state index is 0.521. The lowest BCUT2D eigenvalue weighted by Crippen LogP contribution is -2.41. The molecule has 0 amide bonds. The second-order valence-electron chi connectivity index (χ2n) is 11.3. The number of carboxylic acid groups (broad SMARTS) is 1. The van der Waals surface area contributed by atoms with Crippen LogP contribution in [0.1, 0.15) is 75.8 Å². The molecule has 40 heavy (non-hydrogen) atoms. The number of benzene rings is 1. The molecule has 1 fully saturated rings. The summed E-state index contributed by atoms with van der Waals surface area (Å²) in [6.07, 6.45) is 15.9. The summed E-state index contributed by atoms with van der Waals surface area (Å²) in [4.78, 5) is 20.2. The Morgan fingerprint density at radius 3 is 2.70 bits per heavy atom. The quantitative estimate of drug-likeness (QED) is 0.155. The Morgan fingerprint density at radius 2 is 2.00 bits per heavy atom. The maximum Gasteiger partial charge on any atom is 0.322 e. The molecule has 2 aliphatic heterocycles. The van der Waals surface area contributed by atoms with Gasteiger partial charge in [0.1, 0.15) is 11.9 Å². The molecule has 1 aromatic carbocycles. The molecule has 0 saturated carbocycles. The number of rotatable bonds is 15. The zero-order valence-electron chi connectivity index (χ0n) is 23.9. The molecular formula is C32H45BrN4O2S. The number of aliphatic carboxylic acids is 1. The predicted octanol–water partition coefficient (Wildman–Crippen LogP) is 7.68. The van der Waals surface area contributed by atoms with Gasteiger partial charge in [-0.15, -0.1) is 0 Å². The van der Waals surface area contributed by atoms with Gasteiger partial charge < -0.3 is 15.3 Å². The van der Waals surface area contributed by atoms with Crippen molar-refractivity contribution in [2.45, 2.75) is 88.6 Å². The van der Waals surface area contributed by atoms with Gasteiger partial charge in [0.15, 0.2) is 0 Å². The number of unbranched alkanes of at least 4 members (excludes halogenated alkanes) is 2. The Hall–Kier alpha value is -2.03. The second-order valence-corrected chi connectivity index (χ2v) is 13.2. The van der Waals surface area contributed by atoms with Crippen LogP contribution >= 0.6 is 27.9 Å². The second kappa shape index (κ2) is 15.8. The molecule has 8 heteroatoms. The van der Waals surface area contributed by atoms with Gasteiger partial charge in [-0.25, -0.2) is 9.29 Å². The summed E-state index contributed by atoms with van der Waals surface area (Å²) in [6.45, 7) is 9.79. The van der Waals surface area contributed by atoms with E-state index in [1.807, 2.05) is 28.7 Å². The molecule has 0 aliphatic carbocycles. The zero-order valence-corrected chi connectivity index (χ0v) is 26.3. The fourth-order valence-corrected chi connectivity index (χ4v) is 7.84. The molecular weight excluding hydrogens is 584 g/mol. The van der Waals surface area contributed by atoms with Crippen molar-refractivity contribution < 1.29 is 9.90 Å². The Bertz CT molecular complexity index is 1110. The van der Waals surface area contributed by atoms with Crippen LogP contribution in [0.5, 0.6) is 0 Å². The highest BCUT2D eigenvalue weighted by molar-refractivity contribution is 9.10. The van der Waals surface area contributed by atoms with Crippen molar-refractivity contribution in [1.29, 1.82) is 0 Å². The number of aromatic nitrogens is 1. The van der Waals surface area contributed by atoms with Crippen LogP contribution in [0.25, 0.3) is 0 Å². The smallest absolute Gasteiger partial charge is 0.322 e. The summed E-state index contributed by atoms with van der Waals surface area (Å²) < 4.78 is 2.95. The summed E-state index contributed by atoms with van der Waals surface area (Å²) in [5.41, 5.74) is 2.32. The fourth-order valence-electron chi connectivity index (χ4n) is 6.05. The highest BCUT2D eigenvalue weighted by Gasteiger charge is 2.32. The van der Waals surface area contributed by atoms with E-state index in [9.17, 15) is 9.90 Å². The maximum absolute atomic E-state index is 12.0. The SMILES string of the molecule is C=CNCCC(CC)CCCCCC1CCN(c2ncc(SN3Cc4ccccc4C[C@H]3C(=O)O)cc2Br)CC1. The van der Waals surface area contributed by atoms with Gasteiger partial charge in [0, 0.05) is 37.3 Å². The van der Waals surface area contributed by atoms with Crippen molar-refractivity contribution in [2.75, 3.05) is 24.5 Å². The van der Waals surface area contributed by atoms with Gasteiger partial charge in [0.05, 0.1) is 4.47 Å². The van der Waals surface area contributed by atoms with Crippen LogP contribution in [0.3, 0.4) is 0 Å². The average molecular weight is 630 g/mol. The van der Waals surface area contributed by atoms with Crippen molar-refractivity contribution in [3.63, 3.8) is 0 Å². The van der Waals surface area contributed by atoms with Gasteiger partial charge in [0.25, 0.3) is 0 Å². The number of nitrogens with zero attached hydrogens (tertiary/aromatic N) is 3. The van der Waals surface area contributed by atoms with E-state index >= 15 is 0 Å². The summed E-state index contributed by atoms with van der Waals surface area (Å²) in [6, 6.07) is 9.68. The fraction of sp³-hybridized carbons (Fsp3) is 0.562. The van der Waals surface area contributed by atoms with Crippen LogP contribution in [0, 0.1) is 11.8 Å². The van der Waals surface area contributed by atoms with E-state index in [1.54, 1.807) is 6.20 Å². The predicted molar refractivity (Wildman–Crippen MR) is 170 cm³/mol. The largest absolute Gasteiger partial charge is 0.480 e. The number of nitrogens with one attached hydrogen (secondary N) is 1. The monoisotopic (exact) mass is 628 g/mol. The van der Waals surface area contributed by atoms with E-state index in [1.165, 1.54) is 75.3 Å². The standard InChI is InChI=1S/C32H45BrN4O2S/c1-3-24(14-17-34-4-2)10-6-5-7-11-25-15-18-36(19-16-25)31-29(33)21-28(22-35-31)40-37-23-27-13-9-8-12-26(27)20-30(37)32(38)39/h4,8-9,12-13,21-22,24-25,30,34H,2-3,5-7,10-11,14-20,23H2,1H3,(H,38,39)/t24?,30-/m0/s1. The molecule has 1 saturated heterocycles. The first kappa shape index (κ1) is 30.9. The molecule has 2 aromatic rings. The zero-order chi connectivity index (χ0) is 28.3. The van der Waals surface area contributed by atoms with Crippen LogP contribution in [0.2, 0.25) is 0 Å². The van der Waals surface area contributed by atoms with Crippen LogP contribution in [0.4, 0.5) is 5.82 Å². The van der Waals surface area contributed by atoms with E-state index in [4.69, 9.17) is 4.98 Å². The topological polar surface area (TPSA) is 68.7 Å². The third-order valence-corrected chi connectivity index (χ3v) is 10.2. The van der Waals surface area contributed by atoms with E-state index < -0.39 is 12.0 Å². The van der Waals surface area contributed by atoms with Crippen LogP contribution in [-0.4, -0.2) is 46.0 Å². The van der Waals surface area contributed by atoms with E-state index in [-0.39, 0.29) is 0 Å². The minimum Gasteiger partial charge on any atom is -0.480 e. The first-order valence-corrected chi connectivity index (χ1v) is 16.5. The van der Waals surface area contributed by atoms with E-state index in [0.29, 0.717) is 13.0 Å². The molecule has 3 heterocycles. The van der Waals surface area contributed by atoms with Crippen molar-refractivity contribution in [3.05, 3.63) is 64.9 Å². The highest BCUT2D eigenvalue weighted by atomic mass is 79.9. The van der Waals surface area contributed by atoms with Gasteiger partial charge >= 0.3 is 5.97 Å². The maximum atomic E-state index is 12.0. The number of hydrogen-bond donors (Lipinski definition) is 2. The molecule has 0 radical (unpaired) electrons. The molecule has 1 aromatic heterocycles. The molecule has 4 rings (SSSR count). The number of halogens is 1. The Balaban J connectivity index is 1.21. The normalized spacial score (nSPS) is 18.8. The van der Waals surface area contributed by atoms with Crippen molar-refractivity contribution in [1.82, 2.24) is 14.6 Å². The molecule has 2 aliphatic rings. The number of piperidine rings is 1. The van der Waals surface area contributed by atoms with Crippen LogP contribution in [0.15, 0.2) is 58.7 Å². The van der Waals surface area contributed by atoms with Gasteiger partial charge in [0.2, 0.25) is 0 Å². The molecule has 1 unspecified atom stereocenters. The summed E-state index contributed by atoms with van der Waals surface area (Å²) in [5, 5.41) is 13.1. The van der Waals surface area contributed by atoms with E-state index in [0.717, 1.165) is 52.2 Å². The van der Waals surface area contributed by atoms with Crippen molar-refractivity contribution in [3.8, 4) is 0 Å². The number of hydrogen-bond acceptors (Lipinski definition) is 6. The highest BCUT2D eigenvalue weighted by Crippen LogP contribution is 2.37. The first-order valence-electron chi connectivity index (χ1n) is 15.0. The van der Waals surface area contributed by atoms with Crippen LogP contribution < -0.4 is 10.2 Å². The Kier molecular flexibility index (Phi) is 12.2. The summed E-state index contributed by atoms with van der Waals surface area (Å²) in [5.74, 6) is 1.87. The molecule has 0 bridgehead atoms. The van der Waals surface area contributed by atoms with Crippen molar-refractivity contribution in [2.24, 2.45) is 11.8 Å². The number of fused-ring (bicyclic) bond motifs is 1. The summed E-state index contributed by atoms with van der Waals surface area (Å²) >= 11 is 5.26. The van der Waals surface area contributed by atoms with E-state index in [2.05, 4.69) is 51.8 Å². The van der Waals surface area contributed by atoms with Crippen LogP contribution in [-0.2, 0) is 17.8 Å². The van der Waals surface area contributed by atoms with Gasteiger partial charge in [-0.3, -0.25) is 4.79 Å². The number of pyridine rings is 1. The Labute approximate surface area is 253 Å². The molecule has 2 atom stereocenters. The number of anilines is 1. The lowest BCUT2D eigenvalue weighted by molar-refractivity contribution is -0.141. The molecule has 218 valence electrons. The minimum atomic E-state index is -0.782. The third kappa shape index (κ3) is 8.73. The third-order valence-electron chi connectivity index (χ3n) is 8.57. The number of carboxylic acids is 1. The molecule has 2 N–H and O–H groups in total. The lowest BCUT2D eigenvalue weighted by atomic mass is 9.90. The van der Waals surface area contributed by atoms with Gasteiger partial charge in [-0.05, 0) is 88.8 Å². The lowest BCUT2D eigenvalue weighted by Gasteiger charge is -2.34. The molecule has 0 spiro atoms. The van der Waals surface area contributed by atoms with Crippen molar-refractivity contribution >= 4 is 39.7 Å². The summed E-state index contributed by atoms with van der Waals surface area (Å²) in [7, 11) is 0. The van der Waals surface area contributed by atoms with Gasteiger partial charge in [-0.2, -0.15) is 0 Å². The van der Waals surface area contributed by atoms with Gasteiger partial charge in [-0.1, -0.05) is 76.3 Å². The average Bonchev–Trinajstić information content (AvgIpc) is 2.96.